The molecule has 232 valence electrons. The number of rotatable bonds is 9. The Labute approximate surface area is 261 Å². The highest BCUT2D eigenvalue weighted by atomic mass is 16.5. The molecule has 0 aromatic heterocycles. The smallest absolute Gasteiger partial charge is 0.343 e. The Morgan fingerprint density at radius 2 is 1.05 bits per heavy atom. The van der Waals surface area contributed by atoms with Gasteiger partial charge in [-0.15, -0.1) is 0 Å². The van der Waals surface area contributed by atoms with Crippen LogP contribution in [0.25, 0.3) is 0 Å². The van der Waals surface area contributed by atoms with Gasteiger partial charge >= 0.3 is 17.9 Å². The lowest BCUT2D eigenvalue weighted by molar-refractivity contribution is 0.0589. The third-order valence-electron chi connectivity index (χ3n) is 9.85. The molecule has 0 N–H and O–H groups in total. The first-order chi connectivity index (χ1) is 21.4. The summed E-state index contributed by atoms with van der Waals surface area (Å²) in [5.41, 5.74) is 3.31. The monoisotopic (exact) mass is 596 g/mol. The van der Waals surface area contributed by atoms with Crippen molar-refractivity contribution in [1.29, 1.82) is 0 Å². The number of hydrogen-bond donors (Lipinski definition) is 0. The maximum Gasteiger partial charge on any atom is 0.343 e. The Hall–Kier alpha value is -3.93. The van der Waals surface area contributed by atoms with E-state index in [1.54, 1.807) is 24.3 Å². The third kappa shape index (κ3) is 7.58. The van der Waals surface area contributed by atoms with E-state index in [2.05, 4.69) is 13.8 Å². The van der Waals surface area contributed by atoms with Gasteiger partial charge in [0.2, 0.25) is 0 Å². The van der Waals surface area contributed by atoms with E-state index in [1.807, 2.05) is 24.3 Å². The molecule has 0 saturated heterocycles. The van der Waals surface area contributed by atoms with Gasteiger partial charge in [0, 0.05) is 0 Å². The summed E-state index contributed by atoms with van der Waals surface area (Å²) in [6.45, 7) is 4.52. The zero-order valence-electron chi connectivity index (χ0n) is 26.2. The largest absolute Gasteiger partial charge is 0.465 e. The molecule has 6 nitrogen and oxygen atoms in total. The Bertz CT molecular complexity index is 1430. The van der Waals surface area contributed by atoms with E-state index in [0.29, 0.717) is 23.0 Å². The fourth-order valence-corrected chi connectivity index (χ4v) is 6.85. The molecule has 0 atom stereocenters. The van der Waals surface area contributed by atoms with Crippen LogP contribution in [0.1, 0.15) is 132 Å². The normalized spacial score (nSPS) is 21.7. The van der Waals surface area contributed by atoms with Crippen LogP contribution in [0.2, 0.25) is 0 Å². The van der Waals surface area contributed by atoms with Gasteiger partial charge in [0.1, 0.15) is 17.1 Å². The molecular weight excluding hydrogens is 552 g/mol. The maximum absolute atomic E-state index is 13.0. The van der Waals surface area contributed by atoms with Crippen LogP contribution in [-0.2, 0) is 4.74 Å². The van der Waals surface area contributed by atoms with Crippen LogP contribution in [0.3, 0.4) is 0 Å². The molecule has 0 radical (unpaired) electrons. The summed E-state index contributed by atoms with van der Waals surface area (Å²) in [7, 11) is 1.25. The second-order valence-electron chi connectivity index (χ2n) is 12.4. The third-order valence-corrected chi connectivity index (χ3v) is 9.85. The van der Waals surface area contributed by atoms with Gasteiger partial charge in [-0.2, -0.15) is 0 Å². The maximum atomic E-state index is 13.0. The van der Waals surface area contributed by atoms with Gasteiger partial charge in [-0.25, -0.2) is 14.4 Å². The average molecular weight is 597 g/mol. The molecule has 44 heavy (non-hydrogen) atoms. The molecular formula is C38H44O6. The van der Waals surface area contributed by atoms with Crippen molar-refractivity contribution in [2.45, 2.75) is 89.9 Å². The number of methoxy groups -OCH3 is 1. The Morgan fingerprint density at radius 1 is 0.591 bits per heavy atom. The van der Waals surface area contributed by atoms with E-state index in [0.717, 1.165) is 11.8 Å². The lowest BCUT2D eigenvalue weighted by Gasteiger charge is -2.28. The van der Waals surface area contributed by atoms with Gasteiger partial charge in [0.25, 0.3) is 0 Å². The highest BCUT2D eigenvalue weighted by Gasteiger charge is 2.24. The van der Waals surface area contributed by atoms with Crippen LogP contribution >= 0.6 is 0 Å². The molecule has 0 spiro atoms. The van der Waals surface area contributed by atoms with Gasteiger partial charge in [-0.1, -0.05) is 51.0 Å². The summed E-state index contributed by atoms with van der Waals surface area (Å²) >= 11 is 0. The summed E-state index contributed by atoms with van der Waals surface area (Å²) < 4.78 is 16.1. The van der Waals surface area contributed by atoms with Crippen molar-refractivity contribution in [2.75, 3.05) is 7.11 Å². The molecule has 5 rings (SSSR count). The summed E-state index contributed by atoms with van der Waals surface area (Å²) in [6, 6.07) is 19.5. The fraction of sp³-hybridized carbons (Fsp3) is 0.447. The highest BCUT2D eigenvalue weighted by molar-refractivity contribution is 5.97. The minimum atomic E-state index is -0.703. The SMILES string of the molecule is CCC1CCC(c2ccc(C(=O)Oc3ccc(OC(=O)c4ccc(C5CCC(CC)CC5)cc4)c(C(=O)OC)c3)cc2)CC1. The van der Waals surface area contributed by atoms with Crippen molar-refractivity contribution in [3.63, 3.8) is 0 Å². The highest BCUT2D eigenvalue weighted by Crippen LogP contribution is 2.38. The second kappa shape index (κ2) is 14.7. The first-order valence-electron chi connectivity index (χ1n) is 16.2. The first-order valence-corrected chi connectivity index (χ1v) is 16.2. The summed E-state index contributed by atoms with van der Waals surface area (Å²) in [4.78, 5) is 38.5. The van der Waals surface area contributed by atoms with Gasteiger partial charge < -0.3 is 14.2 Å². The van der Waals surface area contributed by atoms with Crippen LogP contribution in [0.15, 0.2) is 66.7 Å². The molecule has 0 unspecified atom stereocenters. The van der Waals surface area contributed by atoms with Crippen molar-refractivity contribution in [2.24, 2.45) is 11.8 Å². The number of hydrogen-bond acceptors (Lipinski definition) is 6. The fourth-order valence-electron chi connectivity index (χ4n) is 6.85. The van der Waals surface area contributed by atoms with E-state index < -0.39 is 17.9 Å². The van der Waals surface area contributed by atoms with Crippen molar-refractivity contribution >= 4 is 17.9 Å². The lowest BCUT2D eigenvalue weighted by atomic mass is 9.78. The van der Waals surface area contributed by atoms with Gasteiger partial charge in [0.15, 0.2) is 0 Å². The molecule has 3 aromatic carbocycles. The molecule has 2 saturated carbocycles. The molecule has 0 heterocycles. The Kier molecular flexibility index (Phi) is 10.5. The molecule has 0 bridgehead atoms. The number of carbonyl (C=O) groups excluding carboxylic acids is 3. The van der Waals surface area contributed by atoms with Crippen molar-refractivity contribution < 1.29 is 28.6 Å². The van der Waals surface area contributed by atoms with Gasteiger partial charge in [-0.3, -0.25) is 0 Å². The predicted octanol–water partition coefficient (Wildman–Crippen LogP) is 9.28. The second-order valence-corrected chi connectivity index (χ2v) is 12.4. The summed E-state index contributed by atoms with van der Waals surface area (Å²) in [6.07, 6.45) is 12.2. The molecule has 2 aliphatic rings. The van der Waals surface area contributed by atoms with Crippen LogP contribution in [0.4, 0.5) is 0 Å². The van der Waals surface area contributed by atoms with Crippen molar-refractivity contribution in [3.05, 3.63) is 94.5 Å². The zero-order chi connectivity index (χ0) is 31.1. The Morgan fingerprint density at radius 3 is 1.48 bits per heavy atom. The number of benzene rings is 3. The summed E-state index contributed by atoms with van der Waals surface area (Å²) in [5.74, 6) is 1.08. The van der Waals surface area contributed by atoms with Crippen LogP contribution < -0.4 is 9.47 Å². The quantitative estimate of drug-likeness (QED) is 0.181. The Balaban J connectivity index is 1.22. The number of esters is 3. The van der Waals surface area contributed by atoms with Crippen LogP contribution in [-0.4, -0.2) is 25.0 Å². The lowest BCUT2D eigenvalue weighted by Crippen LogP contribution is -2.15. The van der Waals surface area contributed by atoms with Crippen LogP contribution in [0.5, 0.6) is 11.5 Å². The van der Waals surface area contributed by atoms with Crippen LogP contribution in [0, 0.1) is 11.8 Å². The van der Waals surface area contributed by atoms with Crippen molar-refractivity contribution in [1.82, 2.24) is 0 Å². The topological polar surface area (TPSA) is 78.9 Å². The molecule has 0 amide bonds. The minimum absolute atomic E-state index is 0.00603. The molecule has 3 aromatic rings. The molecule has 0 aliphatic heterocycles. The number of ether oxygens (including phenoxy) is 3. The van der Waals surface area contributed by atoms with E-state index in [-0.39, 0.29) is 17.1 Å². The minimum Gasteiger partial charge on any atom is -0.465 e. The zero-order valence-corrected chi connectivity index (χ0v) is 26.2. The summed E-state index contributed by atoms with van der Waals surface area (Å²) in [5, 5.41) is 0. The average Bonchev–Trinajstić information content (AvgIpc) is 3.08. The van der Waals surface area contributed by atoms with Crippen molar-refractivity contribution in [3.8, 4) is 11.5 Å². The van der Waals surface area contributed by atoms with Gasteiger partial charge in [0.05, 0.1) is 18.2 Å². The van der Waals surface area contributed by atoms with E-state index >= 15 is 0 Å². The molecule has 6 heteroatoms. The predicted molar refractivity (Wildman–Crippen MR) is 171 cm³/mol. The number of carbonyl (C=O) groups is 3. The van der Waals surface area contributed by atoms with E-state index in [1.165, 1.54) is 101 Å². The van der Waals surface area contributed by atoms with Gasteiger partial charge in [-0.05, 0) is 129 Å². The first kappa shape index (κ1) is 31.5. The molecule has 2 fully saturated rings. The standard InChI is InChI=1S/C38H44O6/c1-4-25-6-10-27(11-7-25)29-14-18-31(19-15-29)36(39)43-33-22-23-35(34(24-33)38(41)42-3)44-37(40)32-20-16-30(17-21-32)28-12-8-26(5-2)9-13-28/h14-28H,4-13H2,1-3H3. The van der Waals surface area contributed by atoms with E-state index in [9.17, 15) is 14.4 Å². The van der Waals surface area contributed by atoms with E-state index in [4.69, 9.17) is 14.2 Å². The molecule has 2 aliphatic carbocycles.